The van der Waals surface area contributed by atoms with Crippen LogP contribution in [0, 0.1) is 35.5 Å². The summed E-state index contributed by atoms with van der Waals surface area (Å²) in [5, 5.41) is 0. The molecule has 10 atom stereocenters. The Balaban J connectivity index is 1.56. The zero-order chi connectivity index (χ0) is 10.7. The van der Waals surface area contributed by atoms with Gasteiger partial charge in [0.2, 0.25) is 0 Å². The summed E-state index contributed by atoms with van der Waals surface area (Å²) < 4.78 is 29.3. The Morgan fingerprint density at radius 3 is 1.53 bits per heavy atom. The highest BCUT2D eigenvalue weighted by atomic mass is 16.8. The van der Waals surface area contributed by atoms with Gasteiger partial charge >= 0.3 is 0 Å². The summed E-state index contributed by atoms with van der Waals surface area (Å²) in [7, 11) is 0. The summed E-state index contributed by atoms with van der Waals surface area (Å²) in [6, 6.07) is 0. The summed E-state index contributed by atoms with van der Waals surface area (Å²) in [4.78, 5) is 0. The van der Waals surface area contributed by atoms with Crippen molar-refractivity contribution in [2.45, 2.75) is 25.2 Å². The number of hydrogen-bond acceptors (Lipinski definition) is 5. The second-order valence-electron chi connectivity index (χ2n) is 6.19. The van der Waals surface area contributed by atoms with Crippen LogP contribution in [-0.2, 0) is 23.7 Å². The smallest absolute Gasteiger partial charge is 0.167 e. The van der Waals surface area contributed by atoms with Gasteiger partial charge in [-0.3, -0.25) is 0 Å². The normalized spacial score (nSPS) is 73.4. The van der Waals surface area contributed by atoms with Crippen molar-refractivity contribution in [2.24, 2.45) is 35.5 Å². The number of fused-ring (bicyclic) bond motifs is 1. The van der Waals surface area contributed by atoms with Crippen LogP contribution in [0.1, 0.15) is 0 Å². The molecule has 5 aliphatic heterocycles. The molecule has 0 aromatic carbocycles. The third-order valence-corrected chi connectivity index (χ3v) is 5.84. The van der Waals surface area contributed by atoms with E-state index >= 15 is 0 Å². The molecule has 6 rings (SSSR count). The number of ether oxygens (including phenoxy) is 5. The minimum absolute atomic E-state index is 0.0310. The molecule has 5 saturated heterocycles. The van der Waals surface area contributed by atoms with E-state index in [4.69, 9.17) is 23.7 Å². The van der Waals surface area contributed by atoms with Gasteiger partial charge in [0.15, 0.2) is 25.2 Å². The molecular formula is C12H14O5. The molecule has 5 heteroatoms. The molecule has 1 saturated carbocycles. The van der Waals surface area contributed by atoms with Crippen molar-refractivity contribution < 1.29 is 23.7 Å². The first kappa shape index (κ1) is 8.82. The van der Waals surface area contributed by atoms with Crippen LogP contribution >= 0.6 is 0 Å². The van der Waals surface area contributed by atoms with Crippen molar-refractivity contribution in [3.8, 4) is 0 Å². The van der Waals surface area contributed by atoms with Gasteiger partial charge in [0.05, 0.1) is 13.2 Å². The molecule has 92 valence electrons. The van der Waals surface area contributed by atoms with Gasteiger partial charge in [0.1, 0.15) is 0 Å². The van der Waals surface area contributed by atoms with Crippen LogP contribution in [0.3, 0.4) is 0 Å². The number of rotatable bonds is 0. The fraction of sp³-hybridized carbons (Fsp3) is 1.00. The molecule has 0 N–H and O–H groups in total. The molecule has 0 amide bonds. The summed E-state index contributed by atoms with van der Waals surface area (Å²) in [5.74, 6) is 3.16. The molecule has 0 bridgehead atoms. The Morgan fingerprint density at radius 1 is 0.529 bits per heavy atom. The maximum Gasteiger partial charge on any atom is 0.167 e. The molecule has 5 nitrogen and oxygen atoms in total. The molecule has 0 aromatic heterocycles. The Hall–Kier alpha value is -0.200. The molecule has 0 aromatic rings. The molecule has 6 fully saturated rings. The second-order valence-corrected chi connectivity index (χ2v) is 6.19. The predicted molar refractivity (Wildman–Crippen MR) is 51.3 cm³/mol. The van der Waals surface area contributed by atoms with Gasteiger partial charge in [-0.15, -0.1) is 0 Å². The van der Waals surface area contributed by atoms with Gasteiger partial charge in [-0.05, 0) is 11.8 Å². The van der Waals surface area contributed by atoms with Crippen molar-refractivity contribution >= 4 is 0 Å². The molecule has 4 unspecified atom stereocenters. The SMILES string of the molecule is C1OC2OC3OC4OC5OC[C@H]6[C@@H]1[C@@H]2[C@@H]3[C@@H]4[C@@H]56. The first-order valence-corrected chi connectivity index (χ1v) is 6.61. The highest BCUT2D eigenvalue weighted by molar-refractivity contribution is 5.11. The lowest BCUT2D eigenvalue weighted by Gasteiger charge is -2.38. The molecule has 5 heterocycles. The van der Waals surface area contributed by atoms with Crippen molar-refractivity contribution in [2.75, 3.05) is 13.2 Å². The van der Waals surface area contributed by atoms with Gasteiger partial charge in [-0.1, -0.05) is 0 Å². The average Bonchev–Trinajstić information content (AvgIpc) is 3.00. The van der Waals surface area contributed by atoms with E-state index in [0.717, 1.165) is 13.2 Å². The molecule has 0 radical (unpaired) electrons. The van der Waals surface area contributed by atoms with Crippen LogP contribution in [0.5, 0.6) is 0 Å². The zero-order valence-corrected chi connectivity index (χ0v) is 9.23. The fourth-order valence-electron chi connectivity index (χ4n) is 5.33. The van der Waals surface area contributed by atoms with E-state index in [9.17, 15) is 0 Å². The van der Waals surface area contributed by atoms with Crippen LogP contribution in [0.4, 0.5) is 0 Å². The molecule has 1 aliphatic carbocycles. The Morgan fingerprint density at radius 2 is 1.00 bits per heavy atom. The summed E-state index contributed by atoms with van der Waals surface area (Å²) in [5.41, 5.74) is 0. The van der Waals surface area contributed by atoms with Crippen molar-refractivity contribution in [3.05, 3.63) is 0 Å². The van der Waals surface area contributed by atoms with E-state index in [2.05, 4.69) is 0 Å². The van der Waals surface area contributed by atoms with Crippen molar-refractivity contribution in [1.29, 1.82) is 0 Å². The standard InChI is InChI=1S/C12H14O5/c1-3-4-2-14-10-6(4)8-7-5(3)9(13-1)15-11(7)17-12(8)16-10/h3-12H,1-2H2/t3-,4+,5-,6+,7-,8+,9?,10?,11?,12?. The van der Waals surface area contributed by atoms with Crippen molar-refractivity contribution in [1.82, 2.24) is 0 Å². The van der Waals surface area contributed by atoms with Crippen LogP contribution in [0.2, 0.25) is 0 Å². The van der Waals surface area contributed by atoms with E-state index in [1.54, 1.807) is 0 Å². The van der Waals surface area contributed by atoms with Gasteiger partial charge in [-0.25, -0.2) is 0 Å². The minimum Gasteiger partial charge on any atom is -0.352 e. The summed E-state index contributed by atoms with van der Waals surface area (Å²) in [6.45, 7) is 1.65. The first-order valence-electron chi connectivity index (χ1n) is 6.61. The monoisotopic (exact) mass is 238 g/mol. The zero-order valence-electron chi connectivity index (χ0n) is 9.23. The summed E-state index contributed by atoms with van der Waals surface area (Å²) in [6.07, 6.45) is -0.247. The Labute approximate surface area is 98.3 Å². The highest BCUT2D eigenvalue weighted by Gasteiger charge is 2.73. The van der Waals surface area contributed by atoms with Gasteiger partial charge in [0.25, 0.3) is 0 Å². The molecule has 17 heavy (non-hydrogen) atoms. The Kier molecular flexibility index (Phi) is 1.33. The molecular weight excluding hydrogens is 224 g/mol. The van der Waals surface area contributed by atoms with Crippen LogP contribution in [-0.4, -0.2) is 38.4 Å². The van der Waals surface area contributed by atoms with E-state index < -0.39 is 0 Å². The summed E-state index contributed by atoms with van der Waals surface area (Å²) >= 11 is 0. The lowest BCUT2D eigenvalue weighted by molar-refractivity contribution is -0.261. The first-order chi connectivity index (χ1) is 8.42. The van der Waals surface area contributed by atoms with E-state index in [1.165, 1.54) is 0 Å². The predicted octanol–water partition coefficient (Wildman–Crippen LogP) is 0.153. The van der Waals surface area contributed by atoms with E-state index in [0.29, 0.717) is 35.5 Å². The van der Waals surface area contributed by atoms with Crippen molar-refractivity contribution in [3.63, 3.8) is 0 Å². The highest BCUT2D eigenvalue weighted by Crippen LogP contribution is 2.66. The van der Waals surface area contributed by atoms with Crippen LogP contribution in [0.25, 0.3) is 0 Å². The second kappa shape index (κ2) is 2.56. The number of hydrogen-bond donors (Lipinski definition) is 0. The fourth-order valence-corrected chi connectivity index (χ4v) is 5.33. The van der Waals surface area contributed by atoms with Crippen LogP contribution < -0.4 is 0 Å². The lowest BCUT2D eigenvalue weighted by Crippen LogP contribution is -2.44. The molecule has 6 aliphatic rings. The van der Waals surface area contributed by atoms with E-state index in [-0.39, 0.29) is 25.2 Å². The van der Waals surface area contributed by atoms with Gasteiger partial charge in [0, 0.05) is 23.7 Å². The quantitative estimate of drug-likeness (QED) is 0.601. The Bertz CT molecular complexity index is 364. The third-order valence-electron chi connectivity index (χ3n) is 5.84. The van der Waals surface area contributed by atoms with Gasteiger partial charge < -0.3 is 23.7 Å². The lowest BCUT2D eigenvalue weighted by atomic mass is 9.60. The maximum atomic E-state index is 5.89. The average molecular weight is 238 g/mol. The third kappa shape index (κ3) is 0.788. The topological polar surface area (TPSA) is 46.2 Å². The van der Waals surface area contributed by atoms with E-state index in [1.807, 2.05) is 0 Å². The van der Waals surface area contributed by atoms with Gasteiger partial charge in [-0.2, -0.15) is 0 Å². The maximum absolute atomic E-state index is 5.89. The largest absolute Gasteiger partial charge is 0.352 e. The minimum atomic E-state index is -0.0923. The molecule has 0 spiro atoms. The van der Waals surface area contributed by atoms with Crippen LogP contribution in [0.15, 0.2) is 0 Å².